The summed E-state index contributed by atoms with van der Waals surface area (Å²) in [7, 11) is 0. The van der Waals surface area contributed by atoms with E-state index in [0.29, 0.717) is 0 Å². The number of unbranched alkanes of at least 4 members (excludes halogenated alkanes) is 4. The maximum Gasteiger partial charge on any atom is 0.110 e. The van der Waals surface area contributed by atoms with Crippen molar-refractivity contribution in [3.63, 3.8) is 0 Å². The van der Waals surface area contributed by atoms with E-state index in [0.717, 1.165) is 12.8 Å². The van der Waals surface area contributed by atoms with Gasteiger partial charge in [0.25, 0.3) is 0 Å². The molecule has 0 aliphatic rings. The predicted octanol–water partition coefficient (Wildman–Crippen LogP) is 2.01. The number of hydrogen-bond donors (Lipinski definition) is 2. The molecule has 0 aromatic heterocycles. The van der Waals surface area contributed by atoms with Crippen LogP contribution in [0.25, 0.3) is 0 Å². The summed E-state index contributed by atoms with van der Waals surface area (Å²) in [4.78, 5) is 0. The molecule has 0 bridgehead atoms. The lowest BCUT2D eigenvalue weighted by Crippen LogP contribution is -2.35. The van der Waals surface area contributed by atoms with E-state index >= 15 is 0 Å². The zero-order valence-electron chi connectivity index (χ0n) is 7.77. The summed E-state index contributed by atoms with van der Waals surface area (Å²) >= 11 is 0. The SMILES string of the molecule is CCCCCCCC(C)(N)O. The second-order valence-electron chi connectivity index (χ2n) is 3.52. The molecule has 0 radical (unpaired) electrons. The Hall–Kier alpha value is -0.0800. The van der Waals surface area contributed by atoms with Crippen LogP contribution >= 0.6 is 0 Å². The van der Waals surface area contributed by atoms with Crippen LogP contribution in [0.2, 0.25) is 0 Å². The predicted molar refractivity (Wildman–Crippen MR) is 48.2 cm³/mol. The first kappa shape index (κ1) is 10.9. The molecule has 0 rings (SSSR count). The Morgan fingerprint density at radius 1 is 1.18 bits per heavy atom. The van der Waals surface area contributed by atoms with Crippen molar-refractivity contribution < 1.29 is 5.11 Å². The van der Waals surface area contributed by atoms with Gasteiger partial charge in [0.2, 0.25) is 0 Å². The van der Waals surface area contributed by atoms with E-state index < -0.39 is 5.72 Å². The fourth-order valence-electron chi connectivity index (χ4n) is 1.09. The molecule has 0 fully saturated rings. The largest absolute Gasteiger partial charge is 0.376 e. The van der Waals surface area contributed by atoms with Crippen LogP contribution in [-0.4, -0.2) is 10.8 Å². The zero-order valence-corrected chi connectivity index (χ0v) is 7.77. The van der Waals surface area contributed by atoms with Crippen LogP contribution in [0.1, 0.15) is 52.4 Å². The molecule has 68 valence electrons. The smallest absolute Gasteiger partial charge is 0.110 e. The fraction of sp³-hybridized carbons (Fsp3) is 1.00. The van der Waals surface area contributed by atoms with Gasteiger partial charge in [0.1, 0.15) is 5.72 Å². The van der Waals surface area contributed by atoms with Crippen LogP contribution in [0.5, 0.6) is 0 Å². The van der Waals surface area contributed by atoms with E-state index in [2.05, 4.69) is 6.92 Å². The first-order chi connectivity index (χ1) is 5.06. The van der Waals surface area contributed by atoms with Crippen LogP contribution in [0.3, 0.4) is 0 Å². The molecule has 0 amide bonds. The summed E-state index contributed by atoms with van der Waals surface area (Å²) in [6.45, 7) is 3.85. The van der Waals surface area contributed by atoms with E-state index in [9.17, 15) is 0 Å². The zero-order chi connectivity index (χ0) is 8.74. The second-order valence-corrected chi connectivity index (χ2v) is 3.52. The van der Waals surface area contributed by atoms with Crippen LogP contribution in [-0.2, 0) is 0 Å². The standard InChI is InChI=1S/C9H21NO/c1-3-4-5-6-7-8-9(2,10)11/h11H,3-8,10H2,1-2H3. The van der Waals surface area contributed by atoms with Gasteiger partial charge in [-0.05, 0) is 19.8 Å². The molecule has 0 aliphatic carbocycles. The molecule has 2 nitrogen and oxygen atoms in total. The molecule has 0 saturated carbocycles. The molecule has 0 aliphatic heterocycles. The maximum absolute atomic E-state index is 9.15. The third-order valence-corrected chi connectivity index (χ3v) is 1.79. The summed E-state index contributed by atoms with van der Waals surface area (Å²) in [6, 6.07) is 0. The monoisotopic (exact) mass is 159 g/mol. The summed E-state index contributed by atoms with van der Waals surface area (Å²) in [5, 5.41) is 9.15. The highest BCUT2D eigenvalue weighted by molar-refractivity contribution is 4.62. The topological polar surface area (TPSA) is 46.2 Å². The van der Waals surface area contributed by atoms with Crippen molar-refractivity contribution in [2.75, 3.05) is 0 Å². The molecule has 0 saturated heterocycles. The lowest BCUT2D eigenvalue weighted by atomic mass is 10.1. The van der Waals surface area contributed by atoms with Gasteiger partial charge in [-0.15, -0.1) is 0 Å². The lowest BCUT2D eigenvalue weighted by molar-refractivity contribution is 0.0550. The first-order valence-corrected chi connectivity index (χ1v) is 4.57. The Kier molecular flexibility index (Phi) is 5.51. The minimum Gasteiger partial charge on any atom is -0.376 e. The van der Waals surface area contributed by atoms with Gasteiger partial charge in [-0.1, -0.05) is 32.6 Å². The number of hydrogen-bond acceptors (Lipinski definition) is 2. The van der Waals surface area contributed by atoms with E-state index in [-0.39, 0.29) is 0 Å². The van der Waals surface area contributed by atoms with Crippen molar-refractivity contribution in [2.24, 2.45) is 5.73 Å². The summed E-state index contributed by atoms with van der Waals surface area (Å²) in [5.41, 5.74) is 4.45. The van der Waals surface area contributed by atoms with Crippen molar-refractivity contribution in [3.05, 3.63) is 0 Å². The Labute approximate surface area is 69.8 Å². The molecular formula is C9H21NO. The first-order valence-electron chi connectivity index (χ1n) is 4.57. The Balaban J connectivity index is 3.02. The van der Waals surface area contributed by atoms with Crippen LogP contribution in [0.4, 0.5) is 0 Å². The quantitative estimate of drug-likeness (QED) is 0.460. The molecule has 0 spiro atoms. The maximum atomic E-state index is 9.15. The minimum atomic E-state index is -0.952. The van der Waals surface area contributed by atoms with Gasteiger partial charge >= 0.3 is 0 Å². The normalized spacial score (nSPS) is 16.4. The molecular weight excluding hydrogens is 138 g/mol. The van der Waals surface area contributed by atoms with E-state index in [1.807, 2.05) is 0 Å². The molecule has 0 heterocycles. The Bertz CT molecular complexity index is 86.1. The van der Waals surface area contributed by atoms with Crippen LogP contribution in [0, 0.1) is 0 Å². The van der Waals surface area contributed by atoms with E-state index in [1.165, 1.54) is 25.7 Å². The molecule has 1 atom stereocenters. The molecule has 0 aromatic rings. The van der Waals surface area contributed by atoms with Crippen molar-refractivity contribution >= 4 is 0 Å². The van der Waals surface area contributed by atoms with Crippen molar-refractivity contribution in [3.8, 4) is 0 Å². The van der Waals surface area contributed by atoms with Gasteiger partial charge in [0.05, 0.1) is 0 Å². The summed E-state index contributed by atoms with van der Waals surface area (Å²) in [5.74, 6) is 0. The van der Waals surface area contributed by atoms with Gasteiger partial charge in [-0.3, -0.25) is 0 Å². The number of nitrogens with two attached hydrogens (primary N) is 1. The third kappa shape index (κ3) is 9.92. The van der Waals surface area contributed by atoms with Crippen molar-refractivity contribution in [2.45, 2.75) is 58.1 Å². The molecule has 2 heteroatoms. The lowest BCUT2D eigenvalue weighted by Gasteiger charge is -2.16. The number of aliphatic hydroxyl groups is 1. The van der Waals surface area contributed by atoms with Gasteiger partial charge < -0.3 is 10.8 Å². The highest BCUT2D eigenvalue weighted by atomic mass is 16.3. The average molecular weight is 159 g/mol. The van der Waals surface area contributed by atoms with Crippen LogP contribution in [0.15, 0.2) is 0 Å². The Morgan fingerprint density at radius 3 is 2.18 bits per heavy atom. The molecule has 0 aromatic carbocycles. The van der Waals surface area contributed by atoms with E-state index in [4.69, 9.17) is 10.8 Å². The van der Waals surface area contributed by atoms with Gasteiger partial charge in [0, 0.05) is 0 Å². The van der Waals surface area contributed by atoms with E-state index in [1.54, 1.807) is 6.92 Å². The third-order valence-electron chi connectivity index (χ3n) is 1.79. The Morgan fingerprint density at radius 2 is 1.73 bits per heavy atom. The molecule has 11 heavy (non-hydrogen) atoms. The molecule has 3 N–H and O–H groups in total. The number of rotatable bonds is 6. The van der Waals surface area contributed by atoms with Gasteiger partial charge in [-0.25, -0.2) is 0 Å². The molecule has 1 unspecified atom stereocenters. The summed E-state index contributed by atoms with van der Waals surface area (Å²) in [6.07, 6.45) is 6.79. The highest BCUT2D eigenvalue weighted by Gasteiger charge is 2.10. The van der Waals surface area contributed by atoms with Crippen molar-refractivity contribution in [1.29, 1.82) is 0 Å². The van der Waals surface area contributed by atoms with Gasteiger partial charge in [0.15, 0.2) is 0 Å². The van der Waals surface area contributed by atoms with Gasteiger partial charge in [-0.2, -0.15) is 0 Å². The van der Waals surface area contributed by atoms with Crippen molar-refractivity contribution in [1.82, 2.24) is 0 Å². The highest BCUT2D eigenvalue weighted by Crippen LogP contribution is 2.10. The fourth-order valence-corrected chi connectivity index (χ4v) is 1.09. The summed E-state index contributed by atoms with van der Waals surface area (Å²) < 4.78 is 0. The average Bonchev–Trinajstić information content (AvgIpc) is 1.85. The van der Waals surface area contributed by atoms with Crippen LogP contribution < -0.4 is 5.73 Å². The minimum absolute atomic E-state index is 0.719. The second kappa shape index (κ2) is 5.56.